The Morgan fingerprint density at radius 3 is 2.00 bits per heavy atom. The van der Waals surface area contributed by atoms with Crippen molar-refractivity contribution in [3.8, 4) is 11.5 Å². The van der Waals surface area contributed by atoms with Crippen LogP contribution in [0.5, 0.6) is 11.5 Å². The Bertz CT molecular complexity index is 888. The first-order valence-electron chi connectivity index (χ1n) is 8.74. The summed E-state index contributed by atoms with van der Waals surface area (Å²) in [5.41, 5.74) is 0.982. The number of ether oxygens (including phenoxy) is 2. The molecule has 0 spiro atoms. The third kappa shape index (κ3) is 6.69. The lowest BCUT2D eigenvalue weighted by Crippen LogP contribution is -2.35. The van der Waals surface area contributed by atoms with Crippen molar-refractivity contribution in [2.45, 2.75) is 6.42 Å². The topological polar surface area (TPSA) is 114 Å². The number of hydrogen-bond acceptors (Lipinski definition) is 5. The van der Waals surface area contributed by atoms with Gasteiger partial charge in [0.05, 0.1) is 20.6 Å². The standard InChI is InChI=1S/C21H22N2O6/c1-28-16-7-3-14(4-8-16)13-18(21(27)22-12-11-19(24)25)23-20(26)15-5-9-17(29-2)10-6-15/h3-10,13H,11-12H2,1-2H3,(H,22,27)(H,23,26)(H,24,25)/b18-13-. The monoisotopic (exact) mass is 398 g/mol. The molecule has 0 heterocycles. The number of benzene rings is 2. The van der Waals surface area contributed by atoms with Crippen LogP contribution < -0.4 is 20.1 Å². The minimum Gasteiger partial charge on any atom is -0.497 e. The van der Waals surface area contributed by atoms with Gasteiger partial charge >= 0.3 is 5.97 Å². The van der Waals surface area contributed by atoms with E-state index in [0.717, 1.165) is 0 Å². The number of carboxylic acids is 1. The van der Waals surface area contributed by atoms with Crippen LogP contribution in [0.4, 0.5) is 0 Å². The molecule has 8 heteroatoms. The maximum absolute atomic E-state index is 12.5. The van der Waals surface area contributed by atoms with E-state index < -0.39 is 17.8 Å². The number of carbonyl (C=O) groups excluding carboxylic acids is 2. The minimum absolute atomic E-state index is 0.0126. The van der Waals surface area contributed by atoms with Crippen LogP contribution in [-0.4, -0.2) is 43.7 Å². The Morgan fingerprint density at radius 1 is 0.931 bits per heavy atom. The zero-order valence-corrected chi connectivity index (χ0v) is 16.1. The summed E-state index contributed by atoms with van der Waals surface area (Å²) in [4.78, 5) is 35.7. The third-order valence-electron chi connectivity index (χ3n) is 3.90. The van der Waals surface area contributed by atoms with Gasteiger partial charge in [-0.15, -0.1) is 0 Å². The van der Waals surface area contributed by atoms with Crippen molar-refractivity contribution in [1.29, 1.82) is 0 Å². The Hall–Kier alpha value is -3.81. The van der Waals surface area contributed by atoms with Crippen LogP contribution in [0.1, 0.15) is 22.3 Å². The van der Waals surface area contributed by atoms with Gasteiger partial charge in [-0.25, -0.2) is 0 Å². The van der Waals surface area contributed by atoms with E-state index in [2.05, 4.69) is 10.6 Å². The van der Waals surface area contributed by atoms with Crippen molar-refractivity contribution < 1.29 is 29.0 Å². The van der Waals surface area contributed by atoms with Gasteiger partial charge in [0.25, 0.3) is 11.8 Å². The van der Waals surface area contributed by atoms with Gasteiger partial charge in [-0.05, 0) is 48.0 Å². The summed E-state index contributed by atoms with van der Waals surface area (Å²) < 4.78 is 10.2. The molecule has 0 aliphatic carbocycles. The highest BCUT2D eigenvalue weighted by molar-refractivity contribution is 6.05. The Labute approximate surface area is 168 Å². The molecule has 29 heavy (non-hydrogen) atoms. The maximum atomic E-state index is 12.5. The van der Waals surface area contributed by atoms with Crippen molar-refractivity contribution in [3.63, 3.8) is 0 Å². The molecule has 152 valence electrons. The zero-order chi connectivity index (χ0) is 21.2. The molecular formula is C21H22N2O6. The van der Waals surface area contributed by atoms with Gasteiger partial charge in [-0.3, -0.25) is 14.4 Å². The Kier molecular flexibility index (Phi) is 7.78. The molecule has 0 bridgehead atoms. The van der Waals surface area contributed by atoms with E-state index in [1.54, 1.807) is 55.6 Å². The lowest BCUT2D eigenvalue weighted by atomic mass is 10.1. The van der Waals surface area contributed by atoms with Crippen LogP contribution in [-0.2, 0) is 9.59 Å². The summed E-state index contributed by atoms with van der Waals surface area (Å²) in [7, 11) is 3.06. The fraction of sp³-hybridized carbons (Fsp3) is 0.190. The second-order valence-electron chi connectivity index (χ2n) is 5.91. The van der Waals surface area contributed by atoms with Gasteiger partial charge in [0.15, 0.2) is 0 Å². The average molecular weight is 398 g/mol. The van der Waals surface area contributed by atoms with E-state index in [4.69, 9.17) is 14.6 Å². The Morgan fingerprint density at radius 2 is 1.48 bits per heavy atom. The van der Waals surface area contributed by atoms with Crippen LogP contribution in [0.3, 0.4) is 0 Å². The summed E-state index contributed by atoms with van der Waals surface area (Å²) in [6, 6.07) is 13.3. The fourth-order valence-corrected chi connectivity index (χ4v) is 2.34. The van der Waals surface area contributed by atoms with E-state index in [9.17, 15) is 14.4 Å². The maximum Gasteiger partial charge on any atom is 0.305 e. The molecule has 0 unspecified atom stereocenters. The molecule has 0 radical (unpaired) electrons. The molecule has 2 aromatic rings. The van der Waals surface area contributed by atoms with Crippen molar-refractivity contribution in [2.75, 3.05) is 20.8 Å². The highest BCUT2D eigenvalue weighted by Gasteiger charge is 2.15. The molecule has 2 rings (SSSR count). The molecule has 0 saturated heterocycles. The van der Waals surface area contributed by atoms with Crippen LogP contribution >= 0.6 is 0 Å². The van der Waals surface area contributed by atoms with Crippen LogP contribution in [0.15, 0.2) is 54.2 Å². The van der Waals surface area contributed by atoms with E-state index in [0.29, 0.717) is 22.6 Å². The molecule has 3 N–H and O–H groups in total. The number of methoxy groups -OCH3 is 2. The van der Waals surface area contributed by atoms with Crippen molar-refractivity contribution >= 4 is 23.9 Å². The van der Waals surface area contributed by atoms with Crippen molar-refractivity contribution in [1.82, 2.24) is 10.6 Å². The van der Waals surface area contributed by atoms with Gasteiger partial charge in [0, 0.05) is 12.1 Å². The summed E-state index contributed by atoms with van der Waals surface area (Å²) >= 11 is 0. The lowest BCUT2D eigenvalue weighted by molar-refractivity contribution is -0.136. The second kappa shape index (κ2) is 10.5. The predicted molar refractivity (Wildman–Crippen MR) is 107 cm³/mol. The predicted octanol–water partition coefficient (Wildman–Crippen LogP) is 2.07. The van der Waals surface area contributed by atoms with E-state index >= 15 is 0 Å². The first kappa shape index (κ1) is 21.5. The zero-order valence-electron chi connectivity index (χ0n) is 16.1. The van der Waals surface area contributed by atoms with E-state index in [1.807, 2.05) is 0 Å². The summed E-state index contributed by atoms with van der Waals surface area (Å²) in [6.45, 7) is -0.0630. The Balaban J connectivity index is 2.21. The number of amides is 2. The fourth-order valence-electron chi connectivity index (χ4n) is 2.34. The van der Waals surface area contributed by atoms with Crippen LogP contribution in [0.2, 0.25) is 0 Å². The third-order valence-corrected chi connectivity index (χ3v) is 3.90. The number of aliphatic carboxylic acids is 1. The molecule has 2 amide bonds. The van der Waals surface area contributed by atoms with Gasteiger partial charge < -0.3 is 25.2 Å². The van der Waals surface area contributed by atoms with E-state index in [-0.39, 0.29) is 18.7 Å². The van der Waals surface area contributed by atoms with Crippen molar-refractivity contribution in [2.24, 2.45) is 0 Å². The second-order valence-corrected chi connectivity index (χ2v) is 5.91. The number of nitrogens with one attached hydrogen (secondary N) is 2. The number of carbonyl (C=O) groups is 3. The highest BCUT2D eigenvalue weighted by Crippen LogP contribution is 2.15. The van der Waals surface area contributed by atoms with Crippen LogP contribution in [0.25, 0.3) is 6.08 Å². The first-order valence-corrected chi connectivity index (χ1v) is 8.74. The minimum atomic E-state index is -1.03. The normalized spacial score (nSPS) is 10.8. The number of rotatable bonds is 9. The molecule has 0 aliphatic rings. The summed E-state index contributed by atoms with van der Waals surface area (Å²) in [6.07, 6.45) is 1.27. The van der Waals surface area contributed by atoms with Crippen LogP contribution in [0, 0.1) is 0 Å². The van der Waals surface area contributed by atoms with E-state index in [1.165, 1.54) is 13.2 Å². The summed E-state index contributed by atoms with van der Waals surface area (Å²) in [5.74, 6) is -0.864. The van der Waals surface area contributed by atoms with Gasteiger partial charge in [0.1, 0.15) is 17.2 Å². The summed E-state index contributed by atoms with van der Waals surface area (Å²) in [5, 5.41) is 13.8. The molecule has 8 nitrogen and oxygen atoms in total. The molecule has 0 saturated carbocycles. The average Bonchev–Trinajstić information content (AvgIpc) is 2.73. The molecule has 0 fully saturated rings. The van der Waals surface area contributed by atoms with Gasteiger partial charge in [0.2, 0.25) is 0 Å². The SMILES string of the molecule is COc1ccc(/C=C(\NC(=O)c2ccc(OC)cc2)C(=O)NCCC(=O)O)cc1. The van der Waals surface area contributed by atoms with Crippen molar-refractivity contribution in [3.05, 3.63) is 65.4 Å². The van der Waals surface area contributed by atoms with Gasteiger partial charge in [-0.1, -0.05) is 12.1 Å². The molecule has 0 aliphatic heterocycles. The van der Waals surface area contributed by atoms with Gasteiger partial charge in [-0.2, -0.15) is 0 Å². The first-order chi connectivity index (χ1) is 13.9. The highest BCUT2D eigenvalue weighted by atomic mass is 16.5. The lowest BCUT2D eigenvalue weighted by Gasteiger charge is -2.11. The number of carboxylic acid groups (broad SMARTS) is 1. The smallest absolute Gasteiger partial charge is 0.305 e. The largest absolute Gasteiger partial charge is 0.497 e. The number of hydrogen-bond donors (Lipinski definition) is 3. The molecule has 0 aromatic heterocycles. The molecular weight excluding hydrogens is 376 g/mol. The molecule has 0 atom stereocenters. The quantitative estimate of drug-likeness (QED) is 0.557. The molecule has 2 aromatic carbocycles.